The maximum absolute atomic E-state index is 12.3. The van der Waals surface area contributed by atoms with Gasteiger partial charge in [0.15, 0.2) is 0 Å². The molecule has 2 rings (SSSR count). The minimum absolute atomic E-state index is 0.110. The highest BCUT2D eigenvalue weighted by atomic mass is 32.2. The van der Waals surface area contributed by atoms with Crippen LogP contribution in [0.1, 0.15) is 40.9 Å². The van der Waals surface area contributed by atoms with Crippen molar-refractivity contribution in [1.29, 1.82) is 0 Å². The molecule has 0 spiro atoms. The Hall–Kier alpha value is -2.18. The first-order chi connectivity index (χ1) is 11.8. The van der Waals surface area contributed by atoms with E-state index in [1.807, 2.05) is 37.3 Å². The number of rotatable bonds is 7. The molecule has 0 bridgehead atoms. The van der Waals surface area contributed by atoms with Gasteiger partial charge < -0.3 is 5.32 Å². The topological polar surface area (TPSA) is 75.3 Å². The van der Waals surface area contributed by atoms with Crippen molar-refractivity contribution in [1.82, 2.24) is 10.0 Å². The lowest BCUT2D eigenvalue weighted by molar-refractivity contribution is 0.0950. The van der Waals surface area contributed by atoms with Gasteiger partial charge in [-0.1, -0.05) is 42.5 Å². The van der Waals surface area contributed by atoms with Crippen LogP contribution in [0.3, 0.4) is 0 Å². The van der Waals surface area contributed by atoms with E-state index in [0.29, 0.717) is 11.1 Å². The minimum Gasteiger partial charge on any atom is -0.348 e. The van der Waals surface area contributed by atoms with Crippen molar-refractivity contribution in [2.45, 2.75) is 39.1 Å². The summed E-state index contributed by atoms with van der Waals surface area (Å²) in [4.78, 5) is 12.3. The van der Waals surface area contributed by atoms with Crippen molar-refractivity contribution in [3.63, 3.8) is 0 Å². The number of hydrogen-bond acceptors (Lipinski definition) is 3. The normalized spacial score (nSPS) is 11.5. The van der Waals surface area contributed by atoms with Crippen LogP contribution in [-0.4, -0.2) is 20.4 Å². The zero-order chi connectivity index (χ0) is 18.4. The van der Waals surface area contributed by atoms with Crippen molar-refractivity contribution in [3.8, 4) is 0 Å². The fourth-order valence-electron chi connectivity index (χ4n) is 2.57. The van der Waals surface area contributed by atoms with Crippen LogP contribution in [0.25, 0.3) is 0 Å². The molecule has 0 aliphatic rings. The second-order valence-electron chi connectivity index (χ2n) is 6.30. The summed E-state index contributed by atoms with van der Waals surface area (Å²) < 4.78 is 26.9. The van der Waals surface area contributed by atoms with Gasteiger partial charge in [-0.15, -0.1) is 0 Å². The average Bonchev–Trinajstić information content (AvgIpc) is 2.52. The lowest BCUT2D eigenvalue weighted by Crippen LogP contribution is -2.32. The van der Waals surface area contributed by atoms with Gasteiger partial charge in [0.1, 0.15) is 0 Å². The quantitative estimate of drug-likeness (QED) is 0.797. The van der Waals surface area contributed by atoms with Crippen LogP contribution >= 0.6 is 0 Å². The van der Waals surface area contributed by atoms with Gasteiger partial charge in [-0.2, -0.15) is 0 Å². The van der Waals surface area contributed by atoms with E-state index in [-0.39, 0.29) is 24.2 Å². The molecule has 0 atom stereocenters. The number of carbonyl (C=O) groups excluding carboxylic acids is 1. The Bertz CT molecular complexity index is 845. The third-order valence-electron chi connectivity index (χ3n) is 3.71. The third-order valence-corrected chi connectivity index (χ3v) is 5.23. The first kappa shape index (κ1) is 19.1. The van der Waals surface area contributed by atoms with Crippen molar-refractivity contribution >= 4 is 15.9 Å². The highest BCUT2D eigenvalue weighted by Crippen LogP contribution is 2.13. The fourth-order valence-corrected chi connectivity index (χ4v) is 4.07. The number of carbonyl (C=O) groups is 1. The monoisotopic (exact) mass is 360 g/mol. The Kier molecular flexibility index (Phi) is 6.33. The summed E-state index contributed by atoms with van der Waals surface area (Å²) in [5, 5.41) is 2.87. The molecule has 2 aromatic carbocycles. The Labute approximate surface area is 149 Å². The van der Waals surface area contributed by atoms with Gasteiger partial charge in [-0.25, -0.2) is 13.1 Å². The van der Waals surface area contributed by atoms with Crippen LogP contribution in [-0.2, 0) is 22.3 Å². The molecule has 6 heteroatoms. The lowest BCUT2D eigenvalue weighted by Gasteiger charge is -2.13. The summed E-state index contributed by atoms with van der Waals surface area (Å²) in [6.45, 7) is 5.73. The van der Waals surface area contributed by atoms with E-state index in [2.05, 4.69) is 10.0 Å². The summed E-state index contributed by atoms with van der Waals surface area (Å²) in [5.74, 6) is -0.280. The second kappa shape index (κ2) is 8.27. The maximum atomic E-state index is 12.3. The molecule has 0 radical (unpaired) electrons. The summed E-state index contributed by atoms with van der Waals surface area (Å²) in [6, 6.07) is 14.4. The molecule has 2 aromatic rings. The number of benzene rings is 2. The molecule has 25 heavy (non-hydrogen) atoms. The Balaban J connectivity index is 2.11. The molecule has 2 N–H and O–H groups in total. The zero-order valence-electron chi connectivity index (χ0n) is 14.7. The van der Waals surface area contributed by atoms with E-state index in [9.17, 15) is 13.2 Å². The van der Waals surface area contributed by atoms with Crippen LogP contribution < -0.4 is 10.0 Å². The molecular formula is C19H24N2O3S. The molecule has 0 aliphatic carbocycles. The average molecular weight is 360 g/mol. The van der Waals surface area contributed by atoms with Gasteiger partial charge in [0.2, 0.25) is 10.0 Å². The molecule has 0 unspecified atom stereocenters. The van der Waals surface area contributed by atoms with Crippen LogP contribution in [0.5, 0.6) is 0 Å². The summed E-state index contributed by atoms with van der Waals surface area (Å²) >= 11 is 0. The van der Waals surface area contributed by atoms with E-state index >= 15 is 0 Å². The summed E-state index contributed by atoms with van der Waals surface area (Å²) in [6.07, 6.45) is 0. The Morgan fingerprint density at radius 3 is 2.24 bits per heavy atom. The van der Waals surface area contributed by atoms with Crippen molar-refractivity contribution < 1.29 is 13.2 Å². The minimum atomic E-state index is -3.42. The molecule has 0 saturated carbocycles. The molecule has 5 nitrogen and oxygen atoms in total. The lowest BCUT2D eigenvalue weighted by atomic mass is 10.1. The standard InChI is InChI=1S/C19H24N2O3S/c1-14(2)21-25(23,24)13-17-10-6-5-9-16(17)12-20-19(22)18-11-7-4-8-15(18)3/h4-11,14,21H,12-13H2,1-3H3,(H,20,22). The summed E-state index contributed by atoms with van der Waals surface area (Å²) in [5.41, 5.74) is 2.99. The Morgan fingerprint density at radius 2 is 1.60 bits per heavy atom. The van der Waals surface area contributed by atoms with E-state index in [1.54, 1.807) is 32.0 Å². The van der Waals surface area contributed by atoms with Crippen molar-refractivity contribution in [3.05, 3.63) is 70.8 Å². The van der Waals surface area contributed by atoms with Gasteiger partial charge in [-0.05, 0) is 43.5 Å². The molecule has 0 aromatic heterocycles. The number of nitrogens with one attached hydrogen (secondary N) is 2. The fraction of sp³-hybridized carbons (Fsp3) is 0.316. The van der Waals surface area contributed by atoms with E-state index in [4.69, 9.17) is 0 Å². The highest BCUT2D eigenvalue weighted by Gasteiger charge is 2.16. The van der Waals surface area contributed by atoms with Crippen LogP contribution in [0.4, 0.5) is 0 Å². The number of hydrogen-bond donors (Lipinski definition) is 2. The maximum Gasteiger partial charge on any atom is 0.251 e. The number of amides is 1. The predicted octanol–water partition coefficient (Wildman–Crippen LogP) is 2.75. The molecule has 0 heterocycles. The molecular weight excluding hydrogens is 336 g/mol. The smallest absolute Gasteiger partial charge is 0.251 e. The highest BCUT2D eigenvalue weighted by molar-refractivity contribution is 7.88. The second-order valence-corrected chi connectivity index (χ2v) is 8.05. The largest absolute Gasteiger partial charge is 0.348 e. The predicted molar refractivity (Wildman–Crippen MR) is 99.7 cm³/mol. The molecule has 0 fully saturated rings. The SMILES string of the molecule is Cc1ccccc1C(=O)NCc1ccccc1CS(=O)(=O)NC(C)C. The zero-order valence-corrected chi connectivity index (χ0v) is 15.6. The third kappa shape index (κ3) is 5.69. The number of aryl methyl sites for hydroxylation is 1. The van der Waals surface area contributed by atoms with Gasteiger partial charge in [0, 0.05) is 18.2 Å². The van der Waals surface area contributed by atoms with Crippen molar-refractivity contribution in [2.75, 3.05) is 0 Å². The first-order valence-corrected chi connectivity index (χ1v) is 9.84. The summed E-state index contributed by atoms with van der Waals surface area (Å²) in [7, 11) is -3.42. The van der Waals surface area contributed by atoms with E-state index in [0.717, 1.165) is 11.1 Å². The van der Waals surface area contributed by atoms with E-state index in [1.165, 1.54) is 0 Å². The first-order valence-electron chi connectivity index (χ1n) is 8.19. The van der Waals surface area contributed by atoms with Gasteiger partial charge in [0.05, 0.1) is 5.75 Å². The van der Waals surface area contributed by atoms with Crippen molar-refractivity contribution in [2.24, 2.45) is 0 Å². The van der Waals surface area contributed by atoms with Crippen LogP contribution in [0, 0.1) is 6.92 Å². The molecule has 134 valence electrons. The van der Waals surface area contributed by atoms with Gasteiger partial charge in [0.25, 0.3) is 5.91 Å². The van der Waals surface area contributed by atoms with Gasteiger partial charge in [-0.3, -0.25) is 4.79 Å². The molecule has 0 saturated heterocycles. The molecule has 0 aliphatic heterocycles. The number of sulfonamides is 1. The van der Waals surface area contributed by atoms with Gasteiger partial charge >= 0.3 is 0 Å². The molecule has 1 amide bonds. The van der Waals surface area contributed by atoms with Crippen LogP contribution in [0.15, 0.2) is 48.5 Å². The van der Waals surface area contributed by atoms with Crippen LogP contribution in [0.2, 0.25) is 0 Å². The Morgan fingerprint density at radius 1 is 1.00 bits per heavy atom. The van der Waals surface area contributed by atoms with E-state index < -0.39 is 10.0 Å².